The minimum Gasteiger partial charge on any atom is -0.298 e. The topological polar surface area (TPSA) is 65.6 Å². The number of benzene rings is 1. The molecule has 0 saturated carbocycles. The summed E-state index contributed by atoms with van der Waals surface area (Å²) < 4.78 is 3.89. The van der Waals surface area contributed by atoms with Gasteiger partial charge in [0, 0.05) is 30.4 Å². The summed E-state index contributed by atoms with van der Waals surface area (Å²) >= 11 is 0. The Labute approximate surface area is 150 Å². The molecule has 0 radical (unpaired) electrons. The predicted octanol–water partition coefficient (Wildman–Crippen LogP) is 3.55. The van der Waals surface area contributed by atoms with Gasteiger partial charge in [0.1, 0.15) is 29.6 Å². The van der Waals surface area contributed by atoms with Crippen molar-refractivity contribution >= 4 is 6.29 Å². The first kappa shape index (κ1) is 16.0. The molecule has 6 heteroatoms. The van der Waals surface area contributed by atoms with Crippen molar-refractivity contribution in [1.29, 1.82) is 0 Å². The van der Waals surface area contributed by atoms with Gasteiger partial charge in [-0.3, -0.25) is 13.9 Å². The van der Waals surface area contributed by atoms with Crippen LogP contribution in [0.25, 0.3) is 22.8 Å². The predicted molar refractivity (Wildman–Crippen MR) is 98.8 cm³/mol. The quantitative estimate of drug-likeness (QED) is 0.532. The third-order valence-corrected chi connectivity index (χ3v) is 4.32. The number of nitrogens with zero attached hydrogens (tertiary/aromatic N) is 5. The Hall–Kier alpha value is -3.54. The van der Waals surface area contributed by atoms with E-state index in [0.29, 0.717) is 5.56 Å². The number of hydrogen-bond donors (Lipinski definition) is 0. The number of pyridine rings is 1. The maximum absolute atomic E-state index is 10.9. The molecule has 0 amide bonds. The average molecular weight is 343 g/mol. The Morgan fingerprint density at radius 2 is 1.35 bits per heavy atom. The van der Waals surface area contributed by atoms with Gasteiger partial charge in [-0.15, -0.1) is 0 Å². The summed E-state index contributed by atoms with van der Waals surface area (Å²) in [5.41, 5.74) is 2.67. The zero-order chi connectivity index (χ0) is 18.1. The van der Waals surface area contributed by atoms with E-state index in [1.54, 1.807) is 12.4 Å². The molecular formula is C20H17N5O. The van der Waals surface area contributed by atoms with E-state index < -0.39 is 0 Å². The second-order valence-corrected chi connectivity index (χ2v) is 6.00. The number of aldehydes is 1. The fraction of sp³-hybridized carbons (Fsp3) is 0.100. The average Bonchev–Trinajstić information content (AvgIpc) is 3.29. The van der Waals surface area contributed by atoms with Crippen LogP contribution in [0.4, 0.5) is 0 Å². The van der Waals surface area contributed by atoms with Crippen LogP contribution in [0.15, 0.2) is 61.2 Å². The van der Waals surface area contributed by atoms with Crippen molar-refractivity contribution in [2.45, 2.75) is 13.8 Å². The molecule has 4 aromatic rings. The summed E-state index contributed by atoms with van der Waals surface area (Å²) in [6, 6.07) is 11.5. The van der Waals surface area contributed by atoms with Crippen molar-refractivity contribution in [1.82, 2.24) is 24.1 Å². The molecule has 4 rings (SSSR count). The standard InChI is InChI=1S/C20H17N5O/c1-14-21-7-9-24(14)19-11-18(17-5-3-16(13-26)4-6-17)12-20(23-19)25-10-8-22-15(25)2/h3-13H,1-2H3. The molecule has 0 atom stereocenters. The van der Waals surface area contributed by atoms with Gasteiger partial charge < -0.3 is 0 Å². The first-order chi connectivity index (χ1) is 12.7. The van der Waals surface area contributed by atoms with Gasteiger partial charge in [0.05, 0.1) is 0 Å². The molecule has 0 unspecified atom stereocenters. The second kappa shape index (κ2) is 6.40. The molecule has 1 aromatic carbocycles. The van der Waals surface area contributed by atoms with Gasteiger partial charge in [-0.1, -0.05) is 24.3 Å². The van der Waals surface area contributed by atoms with Gasteiger partial charge in [0.25, 0.3) is 0 Å². The third kappa shape index (κ3) is 2.82. The van der Waals surface area contributed by atoms with Crippen LogP contribution in [-0.2, 0) is 0 Å². The van der Waals surface area contributed by atoms with Gasteiger partial charge in [-0.2, -0.15) is 0 Å². The molecule has 128 valence electrons. The van der Waals surface area contributed by atoms with Crippen molar-refractivity contribution in [2.24, 2.45) is 0 Å². The zero-order valence-corrected chi connectivity index (χ0v) is 14.5. The lowest BCUT2D eigenvalue weighted by atomic mass is 10.0. The third-order valence-electron chi connectivity index (χ3n) is 4.32. The molecule has 3 heterocycles. The summed E-state index contributed by atoms with van der Waals surface area (Å²) in [7, 11) is 0. The van der Waals surface area contributed by atoms with Crippen molar-refractivity contribution in [3.63, 3.8) is 0 Å². The van der Waals surface area contributed by atoms with Crippen LogP contribution in [0.2, 0.25) is 0 Å². The molecule has 0 bridgehead atoms. The lowest BCUT2D eigenvalue weighted by Gasteiger charge is -2.12. The fourth-order valence-electron chi connectivity index (χ4n) is 2.91. The monoisotopic (exact) mass is 343 g/mol. The van der Waals surface area contributed by atoms with Crippen LogP contribution >= 0.6 is 0 Å². The highest BCUT2D eigenvalue weighted by molar-refractivity contribution is 5.77. The minimum absolute atomic E-state index is 0.652. The smallest absolute Gasteiger partial charge is 0.150 e. The summed E-state index contributed by atoms with van der Waals surface area (Å²) in [6.07, 6.45) is 8.13. The van der Waals surface area contributed by atoms with Crippen molar-refractivity contribution in [3.05, 3.63) is 78.4 Å². The van der Waals surface area contributed by atoms with Gasteiger partial charge >= 0.3 is 0 Å². The molecular weight excluding hydrogens is 326 g/mol. The highest BCUT2D eigenvalue weighted by atomic mass is 16.1. The summed E-state index contributed by atoms with van der Waals surface area (Å²) in [5, 5.41) is 0. The van der Waals surface area contributed by atoms with E-state index in [4.69, 9.17) is 4.98 Å². The molecule has 0 spiro atoms. The second-order valence-electron chi connectivity index (χ2n) is 6.00. The van der Waals surface area contributed by atoms with E-state index in [2.05, 4.69) is 9.97 Å². The van der Waals surface area contributed by atoms with Crippen molar-refractivity contribution in [3.8, 4) is 22.8 Å². The number of rotatable bonds is 4. The highest BCUT2D eigenvalue weighted by Crippen LogP contribution is 2.25. The Kier molecular flexibility index (Phi) is 3.93. The Bertz CT molecular complexity index is 1020. The molecule has 0 N–H and O–H groups in total. The maximum Gasteiger partial charge on any atom is 0.150 e. The van der Waals surface area contributed by atoms with Gasteiger partial charge in [-0.25, -0.2) is 15.0 Å². The van der Waals surface area contributed by atoms with Crippen LogP contribution in [0.5, 0.6) is 0 Å². The molecule has 26 heavy (non-hydrogen) atoms. The largest absolute Gasteiger partial charge is 0.298 e. The molecule has 0 fully saturated rings. The minimum atomic E-state index is 0.652. The summed E-state index contributed by atoms with van der Waals surface area (Å²) in [6.45, 7) is 3.88. The number of hydrogen-bond acceptors (Lipinski definition) is 4. The van der Waals surface area contributed by atoms with E-state index in [1.807, 2.05) is 71.8 Å². The lowest BCUT2D eigenvalue weighted by Crippen LogP contribution is -2.05. The molecule has 3 aromatic heterocycles. The normalized spacial score (nSPS) is 10.8. The molecule has 0 aliphatic carbocycles. The van der Waals surface area contributed by atoms with Crippen LogP contribution in [-0.4, -0.2) is 30.4 Å². The van der Waals surface area contributed by atoms with E-state index in [9.17, 15) is 4.79 Å². The van der Waals surface area contributed by atoms with Gasteiger partial charge in [0.2, 0.25) is 0 Å². The van der Waals surface area contributed by atoms with E-state index >= 15 is 0 Å². The number of aryl methyl sites for hydroxylation is 2. The van der Waals surface area contributed by atoms with E-state index in [1.165, 1.54) is 0 Å². The first-order valence-corrected chi connectivity index (χ1v) is 8.24. The summed E-state index contributed by atoms with van der Waals surface area (Å²) in [4.78, 5) is 24.3. The number of aromatic nitrogens is 5. The summed E-state index contributed by atoms with van der Waals surface area (Å²) in [5.74, 6) is 3.28. The Morgan fingerprint density at radius 3 is 1.77 bits per heavy atom. The molecule has 0 saturated heterocycles. The first-order valence-electron chi connectivity index (χ1n) is 8.24. The number of carbonyl (C=O) groups is 1. The highest BCUT2D eigenvalue weighted by Gasteiger charge is 2.11. The van der Waals surface area contributed by atoms with Crippen LogP contribution in [0.3, 0.4) is 0 Å². The van der Waals surface area contributed by atoms with Crippen LogP contribution in [0.1, 0.15) is 22.0 Å². The Balaban J connectivity index is 1.91. The van der Waals surface area contributed by atoms with Crippen LogP contribution < -0.4 is 0 Å². The van der Waals surface area contributed by atoms with Crippen molar-refractivity contribution in [2.75, 3.05) is 0 Å². The molecule has 0 aliphatic heterocycles. The lowest BCUT2D eigenvalue weighted by molar-refractivity contribution is 0.112. The van der Waals surface area contributed by atoms with Gasteiger partial charge in [-0.05, 0) is 37.1 Å². The number of imidazole rings is 2. The molecule has 6 nitrogen and oxygen atoms in total. The number of carbonyl (C=O) groups excluding carboxylic acids is 1. The maximum atomic E-state index is 10.9. The van der Waals surface area contributed by atoms with Crippen LogP contribution in [0, 0.1) is 13.8 Å². The van der Waals surface area contributed by atoms with E-state index in [0.717, 1.165) is 40.7 Å². The Morgan fingerprint density at radius 1 is 0.808 bits per heavy atom. The SMILES string of the molecule is Cc1nccn1-c1cc(-c2ccc(C=O)cc2)cc(-n2ccnc2C)n1. The van der Waals surface area contributed by atoms with E-state index in [-0.39, 0.29) is 0 Å². The van der Waals surface area contributed by atoms with Crippen molar-refractivity contribution < 1.29 is 4.79 Å². The fourth-order valence-corrected chi connectivity index (χ4v) is 2.91. The zero-order valence-electron chi connectivity index (χ0n) is 14.5. The molecule has 0 aliphatic rings. The van der Waals surface area contributed by atoms with Gasteiger partial charge in [0.15, 0.2) is 0 Å².